The summed E-state index contributed by atoms with van der Waals surface area (Å²) in [6, 6.07) is 6.28. The lowest BCUT2D eigenvalue weighted by Gasteiger charge is -2.39. The molecule has 1 aliphatic rings. The Kier molecular flexibility index (Phi) is 5.66. The monoisotopic (exact) mass is 398 g/mol. The fraction of sp³-hybridized carbons (Fsp3) is 0.389. The number of ether oxygens (including phenoxy) is 1. The van der Waals surface area contributed by atoms with E-state index in [2.05, 4.69) is 15.3 Å². The Morgan fingerprint density at radius 2 is 1.96 bits per heavy atom. The Bertz CT molecular complexity index is 829. The normalized spacial score (nSPS) is 20.0. The van der Waals surface area contributed by atoms with E-state index in [0.717, 1.165) is 0 Å². The van der Waals surface area contributed by atoms with Crippen LogP contribution in [0.3, 0.4) is 0 Å². The van der Waals surface area contributed by atoms with Crippen LogP contribution in [-0.2, 0) is 4.79 Å². The van der Waals surface area contributed by atoms with Gasteiger partial charge in [0.05, 0.1) is 13.2 Å². The molecular formula is C18H18F4N4O2. The van der Waals surface area contributed by atoms with E-state index in [9.17, 15) is 22.4 Å². The van der Waals surface area contributed by atoms with Crippen molar-refractivity contribution >= 4 is 11.7 Å². The van der Waals surface area contributed by atoms with Gasteiger partial charge in [-0.15, -0.1) is 0 Å². The summed E-state index contributed by atoms with van der Waals surface area (Å²) in [6.45, 7) is 0.588. The molecule has 28 heavy (non-hydrogen) atoms. The maximum absolute atomic E-state index is 13.2. The second-order valence-corrected chi connectivity index (χ2v) is 6.39. The average Bonchev–Trinajstić information content (AvgIpc) is 2.68. The topological polar surface area (TPSA) is 67.3 Å². The first-order valence-corrected chi connectivity index (χ1v) is 8.52. The van der Waals surface area contributed by atoms with Crippen LogP contribution in [0.15, 0.2) is 36.7 Å². The first kappa shape index (κ1) is 19.8. The number of carbonyl (C=O) groups excluding carboxylic acids is 1. The number of halogens is 4. The molecule has 1 fully saturated rings. The van der Waals surface area contributed by atoms with Gasteiger partial charge in [-0.2, -0.15) is 13.2 Å². The molecule has 3 rings (SSSR count). The Labute approximate surface area is 158 Å². The number of alkyl halides is 3. The summed E-state index contributed by atoms with van der Waals surface area (Å²) in [7, 11) is 1.44. The van der Waals surface area contributed by atoms with Gasteiger partial charge in [-0.1, -0.05) is 12.1 Å². The third kappa shape index (κ3) is 4.49. The number of benzene rings is 1. The molecule has 0 bridgehead atoms. The summed E-state index contributed by atoms with van der Waals surface area (Å²) in [5.74, 6) is -2.04. The molecule has 1 amide bonds. The van der Waals surface area contributed by atoms with E-state index < -0.39 is 29.9 Å². The van der Waals surface area contributed by atoms with E-state index in [1.165, 1.54) is 37.7 Å². The fourth-order valence-corrected chi connectivity index (χ4v) is 3.28. The second kappa shape index (κ2) is 7.99. The van der Waals surface area contributed by atoms with E-state index in [1.807, 2.05) is 0 Å². The van der Waals surface area contributed by atoms with Gasteiger partial charge in [-0.25, -0.2) is 14.4 Å². The predicted molar refractivity (Wildman–Crippen MR) is 92.5 cm³/mol. The van der Waals surface area contributed by atoms with Crippen LogP contribution >= 0.6 is 0 Å². The van der Waals surface area contributed by atoms with E-state index in [-0.39, 0.29) is 6.54 Å². The number of anilines is 1. The molecule has 1 saturated heterocycles. The van der Waals surface area contributed by atoms with Gasteiger partial charge in [0, 0.05) is 25.1 Å². The number of piperidine rings is 1. The lowest BCUT2D eigenvalue weighted by molar-refractivity contribution is -0.174. The van der Waals surface area contributed by atoms with Gasteiger partial charge in [-0.05, 0) is 24.1 Å². The number of hydrogen-bond acceptors (Lipinski definition) is 5. The van der Waals surface area contributed by atoms with Gasteiger partial charge in [0.25, 0.3) is 0 Å². The minimum atomic E-state index is -4.99. The van der Waals surface area contributed by atoms with Crippen LogP contribution < -0.4 is 15.0 Å². The van der Waals surface area contributed by atoms with Crippen LogP contribution in [0.2, 0.25) is 0 Å². The highest BCUT2D eigenvalue weighted by Crippen LogP contribution is 2.31. The zero-order valence-electron chi connectivity index (χ0n) is 14.9. The highest BCUT2D eigenvalue weighted by atomic mass is 19.4. The zero-order valence-corrected chi connectivity index (χ0v) is 14.9. The van der Waals surface area contributed by atoms with Crippen LogP contribution in [-0.4, -0.2) is 48.3 Å². The number of nitrogens with one attached hydrogen (secondary N) is 1. The lowest BCUT2D eigenvalue weighted by atomic mass is 9.85. The molecular weight excluding hydrogens is 380 g/mol. The van der Waals surface area contributed by atoms with Gasteiger partial charge in [0.2, 0.25) is 5.88 Å². The standard InChI is InChI=1S/C18H18F4N4O2/c1-28-16-8-15(23-10-24-16)26-7-6-13(11-2-4-12(19)5-3-11)14(9-26)25-17(27)18(20,21)22/h2-5,8,10,13-14H,6-7,9H2,1H3,(H,25,27)/t13-,14-/m1/s1. The number of rotatable bonds is 4. The molecule has 0 saturated carbocycles. The predicted octanol–water partition coefficient (Wildman–Crippen LogP) is 2.67. The molecule has 0 spiro atoms. The quantitative estimate of drug-likeness (QED) is 0.803. The van der Waals surface area contributed by atoms with Crippen molar-refractivity contribution in [1.82, 2.24) is 15.3 Å². The van der Waals surface area contributed by atoms with Crippen molar-refractivity contribution in [1.29, 1.82) is 0 Å². The van der Waals surface area contributed by atoms with Crippen molar-refractivity contribution < 1.29 is 27.1 Å². The molecule has 1 aromatic carbocycles. The minimum Gasteiger partial charge on any atom is -0.481 e. The SMILES string of the molecule is COc1cc(N2CC[C@H](c3ccc(F)cc3)[C@H](NC(=O)C(F)(F)F)C2)ncn1. The van der Waals surface area contributed by atoms with Crippen LogP contribution in [0.4, 0.5) is 23.4 Å². The largest absolute Gasteiger partial charge is 0.481 e. The zero-order chi connectivity index (χ0) is 20.3. The van der Waals surface area contributed by atoms with Gasteiger partial charge in [0.15, 0.2) is 0 Å². The van der Waals surface area contributed by atoms with Crippen LogP contribution in [0.1, 0.15) is 17.9 Å². The van der Waals surface area contributed by atoms with Crippen molar-refractivity contribution in [3.8, 4) is 5.88 Å². The van der Waals surface area contributed by atoms with Crippen LogP contribution in [0.5, 0.6) is 5.88 Å². The number of hydrogen-bond donors (Lipinski definition) is 1. The molecule has 0 unspecified atom stereocenters. The van der Waals surface area contributed by atoms with Gasteiger partial charge < -0.3 is 15.0 Å². The average molecular weight is 398 g/mol. The second-order valence-electron chi connectivity index (χ2n) is 6.39. The number of methoxy groups -OCH3 is 1. The third-order valence-electron chi connectivity index (χ3n) is 4.65. The number of amides is 1. The minimum absolute atomic E-state index is 0.101. The Balaban J connectivity index is 1.85. The van der Waals surface area contributed by atoms with Gasteiger partial charge in [-0.3, -0.25) is 4.79 Å². The molecule has 0 radical (unpaired) electrons. The van der Waals surface area contributed by atoms with Crippen molar-refractivity contribution in [3.05, 3.63) is 48.0 Å². The molecule has 2 atom stereocenters. The molecule has 6 nitrogen and oxygen atoms in total. The summed E-state index contributed by atoms with van der Waals surface area (Å²) < 4.78 is 56.7. The first-order chi connectivity index (χ1) is 13.3. The Morgan fingerprint density at radius 1 is 1.25 bits per heavy atom. The van der Waals surface area contributed by atoms with Crippen molar-refractivity contribution in [2.75, 3.05) is 25.1 Å². The van der Waals surface area contributed by atoms with E-state index in [4.69, 9.17) is 4.74 Å². The maximum Gasteiger partial charge on any atom is 0.471 e. The maximum atomic E-state index is 13.2. The van der Waals surface area contributed by atoms with E-state index in [1.54, 1.807) is 11.0 Å². The third-order valence-corrected chi connectivity index (χ3v) is 4.65. The number of carbonyl (C=O) groups is 1. The molecule has 1 N–H and O–H groups in total. The summed E-state index contributed by atoms with van der Waals surface area (Å²) >= 11 is 0. The molecule has 2 heterocycles. The molecule has 1 aliphatic heterocycles. The van der Waals surface area contributed by atoms with Crippen molar-refractivity contribution in [2.24, 2.45) is 0 Å². The smallest absolute Gasteiger partial charge is 0.471 e. The number of aromatic nitrogens is 2. The van der Waals surface area contributed by atoms with Crippen molar-refractivity contribution in [2.45, 2.75) is 24.6 Å². The van der Waals surface area contributed by atoms with Crippen molar-refractivity contribution in [3.63, 3.8) is 0 Å². The Hall–Kier alpha value is -2.91. The summed E-state index contributed by atoms with van der Waals surface area (Å²) in [6.07, 6.45) is -3.25. The highest BCUT2D eigenvalue weighted by molar-refractivity contribution is 5.82. The van der Waals surface area contributed by atoms with Crippen LogP contribution in [0.25, 0.3) is 0 Å². The summed E-state index contributed by atoms with van der Waals surface area (Å²) in [5.41, 5.74) is 0.661. The summed E-state index contributed by atoms with van der Waals surface area (Å²) in [5, 5.41) is 2.08. The first-order valence-electron chi connectivity index (χ1n) is 8.52. The number of nitrogens with zero attached hydrogens (tertiary/aromatic N) is 3. The molecule has 2 aromatic rings. The highest BCUT2D eigenvalue weighted by Gasteiger charge is 2.42. The molecule has 0 aliphatic carbocycles. The summed E-state index contributed by atoms with van der Waals surface area (Å²) in [4.78, 5) is 21.3. The van der Waals surface area contributed by atoms with Gasteiger partial charge in [0.1, 0.15) is 18.0 Å². The lowest BCUT2D eigenvalue weighted by Crippen LogP contribution is -2.54. The van der Waals surface area contributed by atoms with Gasteiger partial charge >= 0.3 is 12.1 Å². The Morgan fingerprint density at radius 3 is 2.61 bits per heavy atom. The fourth-order valence-electron chi connectivity index (χ4n) is 3.28. The molecule has 10 heteroatoms. The molecule has 150 valence electrons. The molecule has 1 aromatic heterocycles. The van der Waals surface area contributed by atoms with E-state index >= 15 is 0 Å². The van der Waals surface area contributed by atoms with E-state index in [0.29, 0.717) is 30.2 Å². The van der Waals surface area contributed by atoms with Crippen LogP contribution in [0, 0.1) is 5.82 Å².